The molecule has 0 aliphatic carbocycles. The number of hydrogen-bond donors (Lipinski definition) is 3. The maximum Gasteiger partial charge on any atom is 0.118 e. The molecule has 0 radical (unpaired) electrons. The van der Waals surface area contributed by atoms with Crippen LogP contribution in [0.1, 0.15) is 20.3 Å². The van der Waals surface area contributed by atoms with Gasteiger partial charge in [0.2, 0.25) is 0 Å². The molecule has 2 atom stereocenters. The summed E-state index contributed by atoms with van der Waals surface area (Å²) >= 11 is 0. The van der Waals surface area contributed by atoms with Gasteiger partial charge < -0.3 is 11.1 Å². The molecular formula is C9H17N3. The molecule has 0 aromatic carbocycles. The topological polar surface area (TPSA) is 50.1 Å². The van der Waals surface area contributed by atoms with E-state index >= 15 is 0 Å². The maximum absolute atomic E-state index is 5.77. The molecule has 3 heteroatoms. The molecule has 1 rings (SSSR count). The minimum atomic E-state index is 0.102. The minimum Gasteiger partial charge on any atom is -0.399 e. The van der Waals surface area contributed by atoms with Gasteiger partial charge in [-0.15, -0.1) is 0 Å². The van der Waals surface area contributed by atoms with Gasteiger partial charge in [-0.05, 0) is 31.7 Å². The first kappa shape index (κ1) is 9.13. The van der Waals surface area contributed by atoms with Crippen molar-refractivity contribution in [3.63, 3.8) is 0 Å². The Kier molecular flexibility index (Phi) is 3.17. The van der Waals surface area contributed by atoms with Gasteiger partial charge in [0.15, 0.2) is 0 Å². The van der Waals surface area contributed by atoms with Gasteiger partial charge in [0, 0.05) is 11.7 Å². The van der Waals surface area contributed by atoms with Gasteiger partial charge in [0.25, 0.3) is 0 Å². The molecule has 3 nitrogen and oxygen atoms in total. The second-order valence-corrected chi connectivity index (χ2v) is 3.10. The van der Waals surface area contributed by atoms with Crippen LogP contribution in [0.25, 0.3) is 0 Å². The highest BCUT2D eigenvalue weighted by Gasteiger charge is 2.12. The number of hydrogen-bond acceptors (Lipinski definition) is 3. The second-order valence-electron chi connectivity index (χ2n) is 3.10. The first-order chi connectivity index (χ1) is 5.74. The van der Waals surface area contributed by atoms with Crippen molar-refractivity contribution in [3.8, 4) is 0 Å². The summed E-state index contributed by atoms with van der Waals surface area (Å²) < 4.78 is 0. The Morgan fingerprint density at radius 1 is 1.75 bits per heavy atom. The van der Waals surface area contributed by atoms with E-state index in [2.05, 4.69) is 24.5 Å². The molecule has 0 fully saturated rings. The van der Waals surface area contributed by atoms with Gasteiger partial charge in [-0.25, -0.2) is 0 Å². The van der Waals surface area contributed by atoms with E-state index in [9.17, 15) is 0 Å². The molecule has 12 heavy (non-hydrogen) atoms. The molecule has 0 saturated carbocycles. The molecule has 0 bridgehead atoms. The van der Waals surface area contributed by atoms with Crippen molar-refractivity contribution in [3.05, 3.63) is 24.0 Å². The Morgan fingerprint density at radius 3 is 3.08 bits per heavy atom. The zero-order chi connectivity index (χ0) is 8.97. The molecule has 1 aliphatic heterocycles. The van der Waals surface area contributed by atoms with Gasteiger partial charge in [0.1, 0.15) is 6.17 Å². The van der Waals surface area contributed by atoms with Crippen LogP contribution in [0.2, 0.25) is 0 Å². The highest BCUT2D eigenvalue weighted by Crippen LogP contribution is 2.00. The molecule has 0 amide bonds. The predicted octanol–water partition coefficient (Wildman–Crippen LogP) is 0.660. The van der Waals surface area contributed by atoms with Gasteiger partial charge in [-0.3, -0.25) is 5.32 Å². The predicted molar refractivity (Wildman–Crippen MR) is 51.2 cm³/mol. The smallest absolute Gasteiger partial charge is 0.118 e. The Morgan fingerprint density at radius 2 is 2.50 bits per heavy atom. The maximum atomic E-state index is 5.77. The van der Waals surface area contributed by atoms with Crippen molar-refractivity contribution in [1.82, 2.24) is 10.6 Å². The highest BCUT2D eigenvalue weighted by atomic mass is 15.1. The summed E-state index contributed by atoms with van der Waals surface area (Å²) in [6, 6.07) is 0.487. The Bertz CT molecular complexity index is 196. The monoisotopic (exact) mass is 167 g/mol. The molecule has 1 unspecified atom stereocenters. The van der Waals surface area contributed by atoms with Crippen molar-refractivity contribution in [1.29, 1.82) is 0 Å². The van der Waals surface area contributed by atoms with E-state index in [0.29, 0.717) is 6.04 Å². The van der Waals surface area contributed by atoms with Crippen LogP contribution in [0, 0.1) is 0 Å². The highest BCUT2D eigenvalue weighted by molar-refractivity contribution is 5.19. The normalized spacial score (nSPS) is 24.5. The quantitative estimate of drug-likeness (QED) is 0.579. The first-order valence-corrected chi connectivity index (χ1v) is 4.38. The third-order valence-corrected chi connectivity index (χ3v) is 2.04. The van der Waals surface area contributed by atoms with Gasteiger partial charge in [-0.1, -0.05) is 6.92 Å². The van der Waals surface area contributed by atoms with Crippen molar-refractivity contribution < 1.29 is 0 Å². The fraction of sp³-hybridized carbons (Fsp3) is 0.556. The van der Waals surface area contributed by atoms with Crippen LogP contribution in [-0.4, -0.2) is 12.2 Å². The van der Waals surface area contributed by atoms with E-state index in [1.54, 1.807) is 0 Å². The molecule has 68 valence electrons. The largest absolute Gasteiger partial charge is 0.399 e. The summed E-state index contributed by atoms with van der Waals surface area (Å²) in [4.78, 5) is 0. The molecular weight excluding hydrogens is 150 g/mol. The van der Waals surface area contributed by atoms with Gasteiger partial charge in [0.05, 0.1) is 0 Å². The lowest BCUT2D eigenvalue weighted by molar-refractivity contribution is 0.440. The Balaban J connectivity index is 2.43. The second kappa shape index (κ2) is 4.16. The minimum absolute atomic E-state index is 0.102. The summed E-state index contributed by atoms with van der Waals surface area (Å²) in [5, 5.41) is 6.51. The Labute approximate surface area is 73.7 Å². The molecule has 0 spiro atoms. The molecule has 1 heterocycles. The number of nitrogens with two attached hydrogens (primary N) is 1. The number of rotatable bonds is 3. The van der Waals surface area contributed by atoms with Crippen LogP contribution < -0.4 is 16.4 Å². The number of nitrogens with one attached hydrogen (secondary N) is 2. The van der Waals surface area contributed by atoms with Crippen molar-refractivity contribution in [2.75, 3.05) is 0 Å². The number of dihydropyridines is 1. The molecule has 0 saturated heterocycles. The first-order valence-electron chi connectivity index (χ1n) is 4.38. The van der Waals surface area contributed by atoms with Crippen molar-refractivity contribution >= 4 is 0 Å². The van der Waals surface area contributed by atoms with Crippen LogP contribution in [-0.2, 0) is 0 Å². The van der Waals surface area contributed by atoms with Crippen LogP contribution in [0.15, 0.2) is 24.0 Å². The van der Waals surface area contributed by atoms with Crippen LogP contribution >= 0.6 is 0 Å². The van der Waals surface area contributed by atoms with Gasteiger partial charge in [-0.2, -0.15) is 0 Å². The lowest BCUT2D eigenvalue weighted by Crippen LogP contribution is -2.48. The van der Waals surface area contributed by atoms with E-state index in [0.717, 1.165) is 12.1 Å². The van der Waals surface area contributed by atoms with E-state index in [4.69, 9.17) is 5.73 Å². The van der Waals surface area contributed by atoms with E-state index in [1.807, 2.05) is 18.4 Å². The molecule has 4 N–H and O–H groups in total. The van der Waals surface area contributed by atoms with E-state index in [1.165, 1.54) is 0 Å². The summed E-state index contributed by atoms with van der Waals surface area (Å²) in [5.74, 6) is 0. The standard InChI is InChI=1S/C9H17N3/c1-3-7(2)12-9-8(10)5-4-6-11-9/h4-7,9,11-12H,3,10H2,1-2H3/t7-,9?/m0/s1. The van der Waals surface area contributed by atoms with Crippen molar-refractivity contribution in [2.45, 2.75) is 32.5 Å². The lowest BCUT2D eigenvalue weighted by atomic mass is 10.2. The third-order valence-electron chi connectivity index (χ3n) is 2.04. The summed E-state index contributed by atoms with van der Waals surface area (Å²) in [7, 11) is 0. The van der Waals surface area contributed by atoms with Crippen molar-refractivity contribution in [2.24, 2.45) is 5.73 Å². The fourth-order valence-electron chi connectivity index (χ4n) is 1.05. The van der Waals surface area contributed by atoms with Crippen LogP contribution in [0.3, 0.4) is 0 Å². The average molecular weight is 167 g/mol. The van der Waals surface area contributed by atoms with E-state index < -0.39 is 0 Å². The SMILES string of the molecule is CC[C@H](C)NC1NC=CC=C1N. The zero-order valence-corrected chi connectivity index (χ0v) is 7.67. The number of allylic oxidation sites excluding steroid dienone is 2. The summed E-state index contributed by atoms with van der Waals surface area (Å²) in [5.41, 5.74) is 6.61. The summed E-state index contributed by atoms with van der Waals surface area (Å²) in [6.45, 7) is 4.30. The third kappa shape index (κ3) is 2.27. The van der Waals surface area contributed by atoms with Crippen LogP contribution in [0.4, 0.5) is 0 Å². The van der Waals surface area contributed by atoms with Crippen LogP contribution in [0.5, 0.6) is 0 Å². The summed E-state index contributed by atoms with van der Waals surface area (Å²) in [6.07, 6.45) is 6.93. The molecule has 0 aromatic rings. The molecule has 1 aliphatic rings. The fourth-order valence-corrected chi connectivity index (χ4v) is 1.05. The Hall–Kier alpha value is -0.960. The van der Waals surface area contributed by atoms with Gasteiger partial charge >= 0.3 is 0 Å². The lowest BCUT2D eigenvalue weighted by Gasteiger charge is -2.25. The average Bonchev–Trinajstić information content (AvgIpc) is 2.09. The van der Waals surface area contributed by atoms with E-state index in [-0.39, 0.29) is 6.17 Å². The molecule has 0 aromatic heterocycles. The zero-order valence-electron chi connectivity index (χ0n) is 7.67.